The highest BCUT2D eigenvalue weighted by Crippen LogP contribution is 2.35. The molecule has 0 unspecified atom stereocenters. The molecule has 0 radical (unpaired) electrons. The fourth-order valence-electron chi connectivity index (χ4n) is 4.39. The molecular formula is C26H33ClF3N5. The van der Waals surface area contributed by atoms with Crippen LogP contribution in [0.15, 0.2) is 24.3 Å². The zero-order chi connectivity index (χ0) is 25.7. The van der Waals surface area contributed by atoms with Gasteiger partial charge in [0.05, 0.1) is 10.9 Å². The molecule has 0 atom stereocenters. The van der Waals surface area contributed by atoms with E-state index in [0.29, 0.717) is 33.9 Å². The smallest absolute Gasteiger partial charge is 0.266 e. The minimum absolute atomic E-state index is 0.00266. The van der Waals surface area contributed by atoms with E-state index in [-0.39, 0.29) is 18.0 Å². The number of piperidine rings is 1. The van der Waals surface area contributed by atoms with Crippen LogP contribution in [0.1, 0.15) is 75.4 Å². The first-order chi connectivity index (χ1) is 16.7. The standard InChI is InChI=1S/C24H27ClF3N5.C2H6/c1-13(2)33-9-7-15(8-10-33)18-11-19-23(30-14(3)31-24(19)32-21(18)25)29-12-16-5-4-6-17(20(16)26)22(27)28;1-2/h4-6,11,13,15,22H,7-10,12H2,1-3H3,(H,29,30,31,32);1-2H3. The number of aromatic nitrogens is 3. The van der Waals surface area contributed by atoms with Gasteiger partial charge in [-0.15, -0.1) is 0 Å². The molecule has 35 heavy (non-hydrogen) atoms. The Balaban J connectivity index is 0.00000167. The zero-order valence-electron chi connectivity index (χ0n) is 20.9. The number of aryl methyl sites for hydroxylation is 1. The summed E-state index contributed by atoms with van der Waals surface area (Å²) in [4.78, 5) is 15.8. The van der Waals surface area contributed by atoms with Crippen LogP contribution in [-0.2, 0) is 6.54 Å². The first-order valence-corrected chi connectivity index (χ1v) is 12.5. The maximum absolute atomic E-state index is 14.5. The van der Waals surface area contributed by atoms with E-state index >= 15 is 0 Å². The van der Waals surface area contributed by atoms with E-state index in [9.17, 15) is 13.2 Å². The molecule has 0 amide bonds. The van der Waals surface area contributed by atoms with Gasteiger partial charge in [0.25, 0.3) is 6.43 Å². The monoisotopic (exact) mass is 507 g/mol. The van der Waals surface area contributed by atoms with Crippen LogP contribution < -0.4 is 5.32 Å². The summed E-state index contributed by atoms with van der Waals surface area (Å²) >= 11 is 6.55. The lowest BCUT2D eigenvalue weighted by Crippen LogP contribution is -2.37. The van der Waals surface area contributed by atoms with Crippen molar-refractivity contribution in [3.8, 4) is 0 Å². The molecule has 0 bridgehead atoms. The van der Waals surface area contributed by atoms with Gasteiger partial charge in [-0.2, -0.15) is 0 Å². The molecule has 9 heteroatoms. The van der Waals surface area contributed by atoms with E-state index < -0.39 is 17.8 Å². The fourth-order valence-corrected chi connectivity index (χ4v) is 4.68. The van der Waals surface area contributed by atoms with Gasteiger partial charge in [0, 0.05) is 18.2 Å². The van der Waals surface area contributed by atoms with Crippen molar-refractivity contribution in [1.29, 1.82) is 0 Å². The molecule has 1 aromatic carbocycles. The van der Waals surface area contributed by atoms with Crippen molar-refractivity contribution in [3.05, 3.63) is 57.8 Å². The van der Waals surface area contributed by atoms with Crippen LogP contribution >= 0.6 is 11.6 Å². The minimum atomic E-state index is -2.87. The maximum Gasteiger partial charge on any atom is 0.266 e. The van der Waals surface area contributed by atoms with E-state index in [2.05, 4.69) is 39.0 Å². The number of hydrogen-bond acceptors (Lipinski definition) is 5. The lowest BCUT2D eigenvalue weighted by atomic mass is 9.89. The third kappa shape index (κ3) is 6.22. The lowest BCUT2D eigenvalue weighted by Gasteiger charge is -2.35. The van der Waals surface area contributed by atoms with Gasteiger partial charge in [-0.1, -0.05) is 43.6 Å². The zero-order valence-corrected chi connectivity index (χ0v) is 21.6. The summed E-state index contributed by atoms with van der Waals surface area (Å²) < 4.78 is 40.6. The third-order valence-electron chi connectivity index (χ3n) is 6.27. The minimum Gasteiger partial charge on any atom is -0.365 e. The summed E-state index contributed by atoms with van der Waals surface area (Å²) in [6.07, 6.45) is -0.915. The molecule has 3 aromatic rings. The van der Waals surface area contributed by atoms with Gasteiger partial charge in [-0.25, -0.2) is 28.1 Å². The van der Waals surface area contributed by atoms with Gasteiger partial charge < -0.3 is 10.2 Å². The van der Waals surface area contributed by atoms with Gasteiger partial charge in [-0.05, 0) is 64.3 Å². The molecule has 0 aliphatic carbocycles. The molecule has 1 N–H and O–H groups in total. The van der Waals surface area contributed by atoms with E-state index in [1.165, 1.54) is 12.1 Å². The van der Waals surface area contributed by atoms with Crippen molar-refractivity contribution in [2.24, 2.45) is 0 Å². The van der Waals surface area contributed by atoms with E-state index in [0.717, 1.165) is 37.6 Å². The highest BCUT2D eigenvalue weighted by atomic mass is 35.5. The summed E-state index contributed by atoms with van der Waals surface area (Å²) in [6.45, 7) is 12.1. The van der Waals surface area contributed by atoms with E-state index in [4.69, 9.17) is 11.6 Å². The Morgan fingerprint density at radius 1 is 1.11 bits per heavy atom. The molecule has 3 heterocycles. The average molecular weight is 508 g/mol. The van der Waals surface area contributed by atoms with Crippen molar-refractivity contribution >= 4 is 28.5 Å². The molecule has 1 aliphatic rings. The highest BCUT2D eigenvalue weighted by molar-refractivity contribution is 6.30. The Bertz CT molecular complexity index is 1150. The van der Waals surface area contributed by atoms with Crippen LogP contribution in [0.2, 0.25) is 5.15 Å². The summed E-state index contributed by atoms with van der Waals surface area (Å²) in [7, 11) is 0. The van der Waals surface area contributed by atoms with Crippen LogP contribution in [0, 0.1) is 12.7 Å². The highest BCUT2D eigenvalue weighted by Gasteiger charge is 2.25. The van der Waals surface area contributed by atoms with Gasteiger partial charge in [0.15, 0.2) is 5.65 Å². The van der Waals surface area contributed by atoms with Crippen LogP contribution in [-0.4, -0.2) is 39.0 Å². The van der Waals surface area contributed by atoms with Crippen molar-refractivity contribution in [2.45, 2.75) is 72.4 Å². The molecule has 1 aliphatic heterocycles. The Kier molecular flexibility index (Phi) is 9.30. The number of likely N-dealkylation sites (tertiary alicyclic amines) is 1. The number of nitrogens with zero attached hydrogens (tertiary/aromatic N) is 4. The predicted octanol–water partition coefficient (Wildman–Crippen LogP) is 7.29. The number of hydrogen-bond donors (Lipinski definition) is 1. The molecule has 1 saturated heterocycles. The molecular weight excluding hydrogens is 475 g/mol. The first-order valence-electron chi connectivity index (χ1n) is 12.1. The number of fused-ring (bicyclic) bond motifs is 1. The maximum atomic E-state index is 14.5. The van der Waals surface area contributed by atoms with Gasteiger partial charge in [0.1, 0.15) is 22.6 Å². The van der Waals surface area contributed by atoms with Crippen LogP contribution in [0.4, 0.5) is 19.0 Å². The van der Waals surface area contributed by atoms with Gasteiger partial charge in [0.2, 0.25) is 0 Å². The normalized spacial score (nSPS) is 14.9. The molecule has 2 aromatic heterocycles. The van der Waals surface area contributed by atoms with Crippen LogP contribution in [0.25, 0.3) is 11.0 Å². The topological polar surface area (TPSA) is 53.9 Å². The van der Waals surface area contributed by atoms with Crippen molar-refractivity contribution in [1.82, 2.24) is 19.9 Å². The number of anilines is 1. The summed E-state index contributed by atoms with van der Waals surface area (Å²) in [5, 5.41) is 4.21. The molecule has 5 nitrogen and oxygen atoms in total. The predicted molar refractivity (Wildman–Crippen MR) is 136 cm³/mol. The summed E-state index contributed by atoms with van der Waals surface area (Å²) in [5.74, 6) is 0.324. The number of alkyl halides is 2. The largest absolute Gasteiger partial charge is 0.365 e. The number of nitrogens with one attached hydrogen (secondary N) is 1. The van der Waals surface area contributed by atoms with Crippen molar-refractivity contribution in [3.63, 3.8) is 0 Å². The van der Waals surface area contributed by atoms with E-state index in [1.807, 2.05) is 19.9 Å². The quantitative estimate of drug-likeness (QED) is 0.355. The second-order valence-electron chi connectivity index (χ2n) is 8.74. The second kappa shape index (κ2) is 12.0. The number of benzene rings is 1. The number of halogens is 4. The summed E-state index contributed by atoms with van der Waals surface area (Å²) in [6, 6.07) is 6.47. The average Bonchev–Trinajstić information content (AvgIpc) is 2.84. The fraction of sp³-hybridized carbons (Fsp3) is 0.500. The Morgan fingerprint density at radius 3 is 2.43 bits per heavy atom. The Labute approximate surface area is 210 Å². The van der Waals surface area contributed by atoms with Crippen LogP contribution in [0.3, 0.4) is 0 Å². The summed E-state index contributed by atoms with van der Waals surface area (Å²) in [5.41, 5.74) is 0.927. The van der Waals surface area contributed by atoms with E-state index in [1.54, 1.807) is 6.92 Å². The second-order valence-corrected chi connectivity index (χ2v) is 9.10. The van der Waals surface area contributed by atoms with Crippen molar-refractivity contribution < 1.29 is 13.2 Å². The number of pyridine rings is 1. The van der Waals surface area contributed by atoms with Gasteiger partial charge in [-0.3, -0.25) is 0 Å². The Morgan fingerprint density at radius 2 is 1.80 bits per heavy atom. The Hall–Kier alpha value is -2.45. The molecule has 0 saturated carbocycles. The molecule has 4 rings (SSSR count). The number of rotatable bonds is 6. The third-order valence-corrected chi connectivity index (χ3v) is 6.57. The van der Waals surface area contributed by atoms with Crippen LogP contribution in [0.5, 0.6) is 0 Å². The van der Waals surface area contributed by atoms with Crippen molar-refractivity contribution in [2.75, 3.05) is 18.4 Å². The SMILES string of the molecule is CC.Cc1nc(NCc2cccc(C(F)F)c2F)c2cc(C3CCN(C(C)C)CC3)c(Cl)nc2n1. The first kappa shape index (κ1) is 27.1. The molecule has 1 fully saturated rings. The molecule has 190 valence electrons. The lowest BCUT2D eigenvalue weighted by molar-refractivity contribution is 0.146. The van der Waals surface area contributed by atoms with Gasteiger partial charge >= 0.3 is 0 Å². The molecule has 0 spiro atoms.